The smallest absolute Gasteiger partial charge is 0.328 e. The lowest BCUT2D eigenvalue weighted by atomic mass is 10.1. The van der Waals surface area contributed by atoms with Gasteiger partial charge in [0.1, 0.15) is 5.52 Å². The van der Waals surface area contributed by atoms with Gasteiger partial charge in [0.05, 0.1) is 13.1 Å². The molecule has 120 valence electrons. The average molecular weight is 320 g/mol. The SMILES string of the molecule is CC1=C(c2nc(N)c3[nH]c(=O)n(Cc4ccccc4)c3n2)CN=C1. The Balaban J connectivity index is 1.88. The molecule has 0 atom stereocenters. The van der Waals surface area contributed by atoms with E-state index in [0.29, 0.717) is 30.1 Å². The summed E-state index contributed by atoms with van der Waals surface area (Å²) < 4.78 is 1.58. The molecule has 3 aromatic rings. The van der Waals surface area contributed by atoms with Crippen LogP contribution in [0.25, 0.3) is 16.7 Å². The fourth-order valence-electron chi connectivity index (χ4n) is 2.82. The second-order valence-electron chi connectivity index (χ2n) is 5.76. The lowest BCUT2D eigenvalue weighted by Gasteiger charge is -2.07. The Kier molecular flexibility index (Phi) is 3.26. The van der Waals surface area contributed by atoms with E-state index >= 15 is 0 Å². The number of fused-ring (bicyclic) bond motifs is 1. The topological polar surface area (TPSA) is 102 Å². The van der Waals surface area contributed by atoms with Gasteiger partial charge in [-0.1, -0.05) is 30.3 Å². The fraction of sp³-hybridized carbons (Fsp3) is 0.176. The molecule has 0 fully saturated rings. The standard InChI is InChI=1S/C17H16N6O/c1-10-7-19-8-12(10)15-21-14(18)13-16(22-15)23(17(24)20-13)9-11-5-3-2-4-6-11/h2-7H,8-9H2,1H3,(H,20,24)(H2,18,21,22). The van der Waals surface area contributed by atoms with E-state index in [1.54, 1.807) is 10.8 Å². The first-order valence-electron chi connectivity index (χ1n) is 7.63. The number of nitrogens with two attached hydrogens (primary N) is 1. The van der Waals surface area contributed by atoms with Crippen LogP contribution in [0.2, 0.25) is 0 Å². The highest BCUT2D eigenvalue weighted by Crippen LogP contribution is 2.23. The maximum atomic E-state index is 12.3. The molecule has 0 aliphatic carbocycles. The Bertz CT molecular complexity index is 1040. The van der Waals surface area contributed by atoms with Gasteiger partial charge in [-0.2, -0.15) is 0 Å². The molecule has 0 saturated heterocycles. The number of benzene rings is 1. The summed E-state index contributed by atoms with van der Waals surface area (Å²) in [5.41, 5.74) is 9.74. The number of anilines is 1. The van der Waals surface area contributed by atoms with Gasteiger partial charge in [-0.25, -0.2) is 14.8 Å². The van der Waals surface area contributed by atoms with Gasteiger partial charge in [0.2, 0.25) is 0 Å². The number of imidazole rings is 1. The van der Waals surface area contributed by atoms with Crippen LogP contribution in [-0.4, -0.2) is 32.3 Å². The molecule has 0 bridgehead atoms. The summed E-state index contributed by atoms with van der Waals surface area (Å²) in [4.78, 5) is 28.3. The second-order valence-corrected chi connectivity index (χ2v) is 5.76. The molecule has 0 amide bonds. The van der Waals surface area contributed by atoms with Crippen molar-refractivity contribution < 1.29 is 0 Å². The summed E-state index contributed by atoms with van der Waals surface area (Å²) >= 11 is 0. The van der Waals surface area contributed by atoms with Crippen molar-refractivity contribution in [2.45, 2.75) is 13.5 Å². The van der Waals surface area contributed by atoms with Crippen LogP contribution >= 0.6 is 0 Å². The minimum absolute atomic E-state index is 0.250. The summed E-state index contributed by atoms with van der Waals surface area (Å²) in [6, 6.07) is 9.75. The number of H-pyrrole nitrogens is 1. The molecule has 24 heavy (non-hydrogen) atoms. The van der Waals surface area contributed by atoms with Crippen LogP contribution in [0.15, 0.2) is 45.7 Å². The summed E-state index contributed by atoms with van der Waals surface area (Å²) in [7, 11) is 0. The molecule has 0 radical (unpaired) electrons. The molecule has 7 heteroatoms. The highest BCUT2D eigenvalue weighted by molar-refractivity contribution is 5.95. The van der Waals surface area contributed by atoms with E-state index in [4.69, 9.17) is 5.73 Å². The molecule has 3 heterocycles. The van der Waals surface area contributed by atoms with Crippen molar-refractivity contribution in [3.63, 3.8) is 0 Å². The Hall–Kier alpha value is -3.22. The summed E-state index contributed by atoms with van der Waals surface area (Å²) in [5, 5.41) is 0. The highest BCUT2D eigenvalue weighted by atomic mass is 16.1. The number of hydrogen-bond acceptors (Lipinski definition) is 5. The van der Waals surface area contributed by atoms with Crippen LogP contribution < -0.4 is 11.4 Å². The van der Waals surface area contributed by atoms with Crippen molar-refractivity contribution in [1.82, 2.24) is 19.5 Å². The van der Waals surface area contributed by atoms with E-state index in [1.807, 2.05) is 37.3 Å². The van der Waals surface area contributed by atoms with Gasteiger partial charge in [0.15, 0.2) is 17.3 Å². The van der Waals surface area contributed by atoms with Crippen molar-refractivity contribution in [3.8, 4) is 0 Å². The minimum atomic E-state index is -0.250. The third-order valence-corrected chi connectivity index (χ3v) is 4.11. The van der Waals surface area contributed by atoms with Gasteiger partial charge in [0, 0.05) is 11.8 Å². The monoisotopic (exact) mass is 320 g/mol. The second kappa shape index (κ2) is 5.45. The largest absolute Gasteiger partial charge is 0.382 e. The third kappa shape index (κ3) is 2.30. The van der Waals surface area contributed by atoms with Gasteiger partial charge in [-0.3, -0.25) is 9.56 Å². The number of nitrogens with zero attached hydrogens (tertiary/aromatic N) is 4. The van der Waals surface area contributed by atoms with Gasteiger partial charge in [0.25, 0.3) is 0 Å². The number of aromatic nitrogens is 4. The lowest BCUT2D eigenvalue weighted by molar-refractivity contribution is 0.776. The fourth-order valence-corrected chi connectivity index (χ4v) is 2.82. The summed E-state index contributed by atoms with van der Waals surface area (Å²) in [6.45, 7) is 2.91. The molecular formula is C17H16N6O. The van der Waals surface area contributed by atoms with E-state index < -0.39 is 0 Å². The van der Waals surface area contributed by atoms with Crippen molar-refractivity contribution in [1.29, 1.82) is 0 Å². The van der Waals surface area contributed by atoms with E-state index in [2.05, 4.69) is 19.9 Å². The molecule has 7 nitrogen and oxygen atoms in total. The van der Waals surface area contributed by atoms with E-state index in [0.717, 1.165) is 16.7 Å². The molecule has 4 rings (SSSR count). The third-order valence-electron chi connectivity index (χ3n) is 4.11. The van der Waals surface area contributed by atoms with Crippen LogP contribution in [0.5, 0.6) is 0 Å². The predicted molar refractivity (Wildman–Crippen MR) is 94.1 cm³/mol. The zero-order valence-electron chi connectivity index (χ0n) is 13.2. The van der Waals surface area contributed by atoms with Crippen LogP contribution in [0.3, 0.4) is 0 Å². The van der Waals surface area contributed by atoms with Crippen molar-refractivity contribution >= 4 is 28.8 Å². The van der Waals surface area contributed by atoms with E-state index in [-0.39, 0.29) is 11.5 Å². The number of allylic oxidation sites excluding steroid dienone is 1. The Labute approximate surface area is 137 Å². The van der Waals surface area contributed by atoms with Gasteiger partial charge < -0.3 is 10.7 Å². The molecule has 1 aliphatic rings. The molecule has 0 spiro atoms. The molecule has 3 N–H and O–H groups in total. The molecule has 1 aromatic carbocycles. The number of nitrogen functional groups attached to an aromatic ring is 1. The van der Waals surface area contributed by atoms with Crippen LogP contribution in [0.4, 0.5) is 5.82 Å². The zero-order valence-corrected chi connectivity index (χ0v) is 13.2. The maximum absolute atomic E-state index is 12.3. The summed E-state index contributed by atoms with van der Waals surface area (Å²) in [6.07, 6.45) is 1.80. The Morgan fingerprint density at radius 2 is 2.04 bits per heavy atom. The van der Waals surface area contributed by atoms with Crippen molar-refractivity contribution in [2.24, 2.45) is 4.99 Å². The molecule has 0 unspecified atom stereocenters. The highest BCUT2D eigenvalue weighted by Gasteiger charge is 2.18. The number of hydrogen-bond donors (Lipinski definition) is 2. The van der Waals surface area contributed by atoms with Gasteiger partial charge in [-0.05, 0) is 18.1 Å². The number of rotatable bonds is 3. The van der Waals surface area contributed by atoms with Crippen LogP contribution in [-0.2, 0) is 6.54 Å². The van der Waals surface area contributed by atoms with Gasteiger partial charge >= 0.3 is 5.69 Å². The molecular weight excluding hydrogens is 304 g/mol. The molecule has 0 saturated carbocycles. The Morgan fingerprint density at radius 1 is 1.25 bits per heavy atom. The number of nitrogens with one attached hydrogen (secondary N) is 1. The first-order valence-corrected chi connectivity index (χ1v) is 7.63. The van der Waals surface area contributed by atoms with E-state index in [9.17, 15) is 4.79 Å². The zero-order chi connectivity index (χ0) is 16.7. The predicted octanol–water partition coefficient (Wildman–Crippen LogP) is 1.61. The maximum Gasteiger partial charge on any atom is 0.328 e. The van der Waals surface area contributed by atoms with Crippen LogP contribution in [0, 0.1) is 0 Å². The number of aliphatic imine (C=N–C) groups is 1. The average Bonchev–Trinajstić information content (AvgIpc) is 3.13. The van der Waals surface area contributed by atoms with Crippen molar-refractivity contribution in [3.05, 3.63) is 57.8 Å². The molecule has 1 aliphatic heterocycles. The first-order chi connectivity index (χ1) is 11.6. The van der Waals surface area contributed by atoms with Crippen LogP contribution in [0.1, 0.15) is 18.3 Å². The number of aromatic amines is 1. The normalized spacial score (nSPS) is 14.0. The molecule has 2 aromatic heterocycles. The van der Waals surface area contributed by atoms with Gasteiger partial charge in [-0.15, -0.1) is 0 Å². The van der Waals surface area contributed by atoms with E-state index in [1.165, 1.54) is 0 Å². The van der Waals surface area contributed by atoms with Crippen molar-refractivity contribution in [2.75, 3.05) is 12.3 Å². The summed E-state index contributed by atoms with van der Waals surface area (Å²) in [5.74, 6) is 0.793. The minimum Gasteiger partial charge on any atom is -0.382 e. The Morgan fingerprint density at radius 3 is 2.75 bits per heavy atom. The first kappa shape index (κ1) is 14.4. The lowest BCUT2D eigenvalue weighted by Crippen LogP contribution is -2.17. The quantitative estimate of drug-likeness (QED) is 0.765.